The molecule has 1 aromatic carbocycles. The van der Waals surface area contributed by atoms with Gasteiger partial charge in [-0.1, -0.05) is 0 Å². The maximum Gasteiger partial charge on any atom is 0.291 e. The van der Waals surface area contributed by atoms with Crippen LogP contribution in [0.1, 0.15) is 45.5 Å². The van der Waals surface area contributed by atoms with Crippen molar-refractivity contribution in [2.24, 2.45) is 0 Å². The van der Waals surface area contributed by atoms with Gasteiger partial charge in [-0.05, 0) is 55.3 Å². The van der Waals surface area contributed by atoms with Crippen molar-refractivity contribution in [1.82, 2.24) is 10.2 Å². The highest BCUT2D eigenvalue weighted by atomic mass is 16.3. The molecule has 0 unspecified atom stereocenters. The smallest absolute Gasteiger partial charge is 0.291 e. The lowest BCUT2D eigenvalue weighted by molar-refractivity contribution is 0.0994. The molecule has 126 valence electrons. The molecule has 25 heavy (non-hydrogen) atoms. The number of rotatable bonds is 5. The normalized spacial score (nSPS) is 13.4. The predicted molar refractivity (Wildman–Crippen MR) is 91.6 cm³/mol. The largest absolute Gasteiger partial charge is 0.459 e. The number of carbonyl (C=O) groups is 2. The van der Waals surface area contributed by atoms with Gasteiger partial charge in [0.1, 0.15) is 0 Å². The number of H-pyrrole nitrogens is 1. The van der Waals surface area contributed by atoms with Gasteiger partial charge < -0.3 is 15.1 Å². The number of nitrogens with one attached hydrogen (secondary N) is 3. The first-order valence-corrected chi connectivity index (χ1v) is 8.00. The average molecular weight is 336 g/mol. The molecular formula is C18H16N4O3. The van der Waals surface area contributed by atoms with Crippen molar-refractivity contribution in [3.8, 4) is 0 Å². The van der Waals surface area contributed by atoms with Crippen LogP contribution in [0.3, 0.4) is 0 Å². The maximum absolute atomic E-state index is 12.2. The summed E-state index contributed by atoms with van der Waals surface area (Å²) < 4.78 is 5.04. The van der Waals surface area contributed by atoms with Gasteiger partial charge in [0, 0.05) is 23.0 Å². The first-order chi connectivity index (χ1) is 12.2. The lowest BCUT2D eigenvalue weighted by Crippen LogP contribution is -2.13. The fourth-order valence-corrected chi connectivity index (χ4v) is 2.49. The Hall–Kier alpha value is -3.35. The number of aromatic amines is 1. The Morgan fingerprint density at radius 2 is 1.72 bits per heavy atom. The third kappa shape index (κ3) is 3.45. The predicted octanol–water partition coefficient (Wildman–Crippen LogP) is 3.38. The molecule has 0 atom stereocenters. The molecule has 0 spiro atoms. The molecule has 1 aliphatic carbocycles. The number of furan rings is 1. The van der Waals surface area contributed by atoms with Gasteiger partial charge in [0.25, 0.3) is 11.8 Å². The van der Waals surface area contributed by atoms with Gasteiger partial charge in [-0.15, -0.1) is 0 Å². The number of anilines is 2. The van der Waals surface area contributed by atoms with Crippen molar-refractivity contribution >= 4 is 23.2 Å². The topological polar surface area (TPSA) is 100 Å². The first kappa shape index (κ1) is 15.2. The monoisotopic (exact) mass is 336 g/mol. The number of carbonyl (C=O) groups excluding carboxylic acids is 2. The number of hydrogen-bond donors (Lipinski definition) is 3. The van der Waals surface area contributed by atoms with Crippen LogP contribution in [0.2, 0.25) is 0 Å². The lowest BCUT2D eigenvalue weighted by atomic mass is 10.2. The number of nitrogens with zero attached hydrogens (tertiary/aromatic N) is 1. The van der Waals surface area contributed by atoms with Crippen LogP contribution >= 0.6 is 0 Å². The minimum atomic E-state index is -0.328. The third-order valence-electron chi connectivity index (χ3n) is 3.99. The van der Waals surface area contributed by atoms with Gasteiger partial charge in [0.05, 0.1) is 6.26 Å². The molecular weight excluding hydrogens is 320 g/mol. The van der Waals surface area contributed by atoms with E-state index in [1.165, 1.54) is 6.26 Å². The highest BCUT2D eigenvalue weighted by Crippen LogP contribution is 2.39. The molecule has 1 aliphatic rings. The van der Waals surface area contributed by atoms with Gasteiger partial charge >= 0.3 is 0 Å². The average Bonchev–Trinajstić information content (AvgIpc) is 3.13. The SMILES string of the molecule is O=C(Nc1ccc(NC(=O)c2ccco2)cc1)c1cc(C2CC2)[nH]n1. The zero-order chi connectivity index (χ0) is 17.2. The van der Waals surface area contributed by atoms with E-state index in [4.69, 9.17) is 4.42 Å². The summed E-state index contributed by atoms with van der Waals surface area (Å²) in [6, 6.07) is 11.9. The zero-order valence-corrected chi connectivity index (χ0v) is 13.3. The third-order valence-corrected chi connectivity index (χ3v) is 3.99. The first-order valence-electron chi connectivity index (χ1n) is 8.00. The summed E-state index contributed by atoms with van der Waals surface area (Å²) >= 11 is 0. The number of amides is 2. The fourth-order valence-electron chi connectivity index (χ4n) is 2.49. The van der Waals surface area contributed by atoms with E-state index >= 15 is 0 Å². The van der Waals surface area contributed by atoms with Crippen LogP contribution in [0, 0.1) is 0 Å². The number of benzene rings is 1. The van der Waals surface area contributed by atoms with Crippen LogP contribution in [0.15, 0.2) is 53.1 Å². The standard InChI is InChI=1S/C18H16N4O3/c23-17(15-10-14(21-22-15)11-3-4-11)19-12-5-7-13(8-6-12)20-18(24)16-2-1-9-25-16/h1-2,5-11H,3-4H2,(H,19,23)(H,20,24)(H,21,22). The molecule has 1 saturated carbocycles. The maximum atomic E-state index is 12.2. The minimum absolute atomic E-state index is 0.238. The Morgan fingerprint density at radius 3 is 2.32 bits per heavy atom. The summed E-state index contributed by atoms with van der Waals surface area (Å²) in [4.78, 5) is 24.1. The second-order valence-electron chi connectivity index (χ2n) is 5.95. The van der Waals surface area contributed by atoms with E-state index in [1.807, 2.05) is 0 Å². The van der Waals surface area contributed by atoms with Crippen molar-refractivity contribution in [3.63, 3.8) is 0 Å². The van der Waals surface area contributed by atoms with Crippen molar-refractivity contribution < 1.29 is 14.0 Å². The molecule has 1 fully saturated rings. The molecule has 7 heteroatoms. The number of aromatic nitrogens is 2. The van der Waals surface area contributed by atoms with Crippen molar-refractivity contribution in [1.29, 1.82) is 0 Å². The molecule has 0 saturated heterocycles. The molecule has 4 rings (SSSR count). The Morgan fingerprint density at radius 1 is 1.04 bits per heavy atom. The molecule has 3 aromatic rings. The van der Waals surface area contributed by atoms with Gasteiger partial charge in [0.15, 0.2) is 11.5 Å². The van der Waals surface area contributed by atoms with Crippen LogP contribution in [0.4, 0.5) is 11.4 Å². The molecule has 0 bridgehead atoms. The highest BCUT2D eigenvalue weighted by Gasteiger charge is 2.26. The van der Waals surface area contributed by atoms with E-state index in [0.29, 0.717) is 23.0 Å². The Labute approximate surface area is 143 Å². The van der Waals surface area contributed by atoms with Crippen molar-refractivity contribution in [2.45, 2.75) is 18.8 Å². The van der Waals surface area contributed by atoms with E-state index in [-0.39, 0.29) is 17.6 Å². The van der Waals surface area contributed by atoms with Crippen LogP contribution in [-0.4, -0.2) is 22.0 Å². The summed E-state index contributed by atoms with van der Waals surface area (Å²) in [7, 11) is 0. The molecule has 7 nitrogen and oxygen atoms in total. The molecule has 0 aliphatic heterocycles. The van der Waals surface area contributed by atoms with Crippen LogP contribution in [0.5, 0.6) is 0 Å². The van der Waals surface area contributed by atoms with E-state index in [9.17, 15) is 9.59 Å². The van der Waals surface area contributed by atoms with E-state index < -0.39 is 0 Å². The second kappa shape index (κ2) is 6.27. The second-order valence-corrected chi connectivity index (χ2v) is 5.95. The van der Waals surface area contributed by atoms with Gasteiger partial charge in [-0.2, -0.15) is 5.10 Å². The number of hydrogen-bond acceptors (Lipinski definition) is 4. The summed E-state index contributed by atoms with van der Waals surface area (Å²) in [6.07, 6.45) is 3.74. The van der Waals surface area contributed by atoms with Crippen LogP contribution in [0.25, 0.3) is 0 Å². The molecule has 2 aromatic heterocycles. The summed E-state index contributed by atoms with van der Waals surface area (Å²) in [6.45, 7) is 0. The Bertz CT molecular complexity index is 893. The molecule has 2 amide bonds. The molecule has 2 heterocycles. The quantitative estimate of drug-likeness (QED) is 0.665. The zero-order valence-electron chi connectivity index (χ0n) is 13.3. The highest BCUT2D eigenvalue weighted by molar-refractivity contribution is 6.04. The van der Waals surface area contributed by atoms with Gasteiger partial charge in [-0.25, -0.2) is 0 Å². The Balaban J connectivity index is 1.37. The van der Waals surface area contributed by atoms with E-state index in [0.717, 1.165) is 18.5 Å². The van der Waals surface area contributed by atoms with Crippen molar-refractivity contribution in [2.75, 3.05) is 10.6 Å². The van der Waals surface area contributed by atoms with Crippen LogP contribution in [-0.2, 0) is 0 Å². The minimum Gasteiger partial charge on any atom is -0.459 e. The van der Waals surface area contributed by atoms with Crippen molar-refractivity contribution in [3.05, 3.63) is 65.9 Å². The summed E-state index contributed by atoms with van der Waals surface area (Å²) in [5.74, 6) is 0.162. The Kier molecular flexibility index (Phi) is 3.81. The molecule has 3 N–H and O–H groups in total. The van der Waals surface area contributed by atoms with Gasteiger partial charge in [0.2, 0.25) is 0 Å². The molecule has 0 radical (unpaired) electrons. The summed E-state index contributed by atoms with van der Waals surface area (Å²) in [5, 5.41) is 12.5. The van der Waals surface area contributed by atoms with Crippen LogP contribution < -0.4 is 10.6 Å². The lowest BCUT2D eigenvalue weighted by Gasteiger charge is -2.06. The van der Waals surface area contributed by atoms with Gasteiger partial charge in [-0.3, -0.25) is 14.7 Å². The van der Waals surface area contributed by atoms with E-state index in [1.54, 1.807) is 42.5 Å². The van der Waals surface area contributed by atoms with E-state index in [2.05, 4.69) is 20.8 Å². The fraction of sp³-hybridized carbons (Fsp3) is 0.167. The summed E-state index contributed by atoms with van der Waals surface area (Å²) in [5.41, 5.74) is 2.62.